The summed E-state index contributed by atoms with van der Waals surface area (Å²) in [4.78, 5) is 2.69. The zero-order valence-electron chi connectivity index (χ0n) is 21.6. The van der Waals surface area contributed by atoms with Gasteiger partial charge in [0.05, 0.1) is 12.1 Å². The third-order valence-electron chi connectivity index (χ3n) is 9.11. The predicted octanol–water partition coefficient (Wildman–Crippen LogP) is 7.10. The molecule has 0 spiro atoms. The largest absolute Gasteiger partial charge is 0.337 e. The maximum Gasteiger partial charge on any atom is 0.0646 e. The van der Waals surface area contributed by atoms with Gasteiger partial charge in [-0.05, 0) is 60.9 Å². The summed E-state index contributed by atoms with van der Waals surface area (Å²) in [6.07, 6.45) is 21.2. The first kappa shape index (κ1) is 22.0. The lowest BCUT2D eigenvalue weighted by Crippen LogP contribution is -2.42. The molecule has 0 radical (unpaired) electrons. The van der Waals surface area contributed by atoms with Crippen molar-refractivity contribution in [1.82, 2.24) is 4.57 Å². The quantitative estimate of drug-likeness (QED) is 0.296. The molecule has 4 unspecified atom stereocenters. The smallest absolute Gasteiger partial charge is 0.0646 e. The van der Waals surface area contributed by atoms with Crippen LogP contribution in [0.5, 0.6) is 0 Å². The maximum atomic E-state index is 2.69. The Labute approximate surface area is 224 Å². The molecule has 2 heterocycles. The Balaban J connectivity index is 1.30. The number of benzene rings is 3. The van der Waals surface area contributed by atoms with Gasteiger partial charge in [-0.2, -0.15) is 0 Å². The molecule has 0 saturated carbocycles. The number of aromatic nitrogens is 1. The minimum Gasteiger partial charge on any atom is -0.337 e. The summed E-state index contributed by atoms with van der Waals surface area (Å²) in [6, 6.07) is 29.9. The predicted molar refractivity (Wildman–Crippen MR) is 159 cm³/mol. The average Bonchev–Trinajstić information content (AvgIpc) is 3.49. The second-order valence-corrected chi connectivity index (χ2v) is 11.2. The highest BCUT2D eigenvalue weighted by molar-refractivity contribution is 5.86. The third kappa shape index (κ3) is 3.33. The molecule has 3 aromatic carbocycles. The summed E-state index contributed by atoms with van der Waals surface area (Å²) in [5.41, 5.74) is 7.15. The van der Waals surface area contributed by atoms with E-state index in [9.17, 15) is 0 Å². The van der Waals surface area contributed by atoms with Gasteiger partial charge in [0.15, 0.2) is 0 Å². The molecule has 0 N–H and O–H groups in total. The topological polar surface area (TPSA) is 8.17 Å². The molecular formula is C36H32N2. The van der Waals surface area contributed by atoms with Crippen molar-refractivity contribution < 1.29 is 0 Å². The first-order valence-corrected chi connectivity index (χ1v) is 14.1. The summed E-state index contributed by atoms with van der Waals surface area (Å²) < 4.78 is 2.60. The van der Waals surface area contributed by atoms with E-state index >= 15 is 0 Å². The van der Waals surface area contributed by atoms with E-state index in [-0.39, 0.29) is 0 Å². The van der Waals surface area contributed by atoms with Crippen LogP contribution >= 0.6 is 0 Å². The van der Waals surface area contributed by atoms with Crippen LogP contribution in [0.1, 0.15) is 54.7 Å². The molecular weight excluding hydrogens is 460 g/mol. The van der Waals surface area contributed by atoms with Gasteiger partial charge in [0.2, 0.25) is 0 Å². The zero-order valence-corrected chi connectivity index (χ0v) is 21.6. The Kier molecular flexibility index (Phi) is 5.07. The number of para-hydroxylation sites is 2. The van der Waals surface area contributed by atoms with Crippen LogP contribution in [0.4, 0.5) is 5.69 Å². The Morgan fingerprint density at radius 2 is 1.63 bits per heavy atom. The molecule has 0 bridgehead atoms. The van der Waals surface area contributed by atoms with E-state index in [2.05, 4.69) is 131 Å². The van der Waals surface area contributed by atoms with E-state index in [0.29, 0.717) is 23.9 Å². The first-order valence-electron chi connectivity index (χ1n) is 14.1. The highest BCUT2D eigenvalue weighted by atomic mass is 15.2. The standard InChI is InChI=1S/C36H32N2/c1-3-12-25(13-4-1)26-14-11-17-28(22-26)38-34-21-10-8-19-30(34)32-23-31-29-18-7-9-20-33(29)37(35(31)24-36(32)38)27-15-5-2-6-16-27/h1-10,12-13,15,17-21,23-24,26-27,32,36H,11,14,16,22H2. The Morgan fingerprint density at radius 3 is 2.53 bits per heavy atom. The molecule has 38 heavy (non-hydrogen) atoms. The van der Waals surface area contributed by atoms with E-state index in [1.54, 1.807) is 0 Å². The van der Waals surface area contributed by atoms with Gasteiger partial charge in [-0.3, -0.25) is 0 Å². The Hall–Kier alpha value is -4.04. The lowest BCUT2D eigenvalue weighted by Gasteiger charge is -2.35. The van der Waals surface area contributed by atoms with E-state index in [4.69, 9.17) is 0 Å². The van der Waals surface area contributed by atoms with Crippen LogP contribution in [-0.2, 0) is 0 Å². The summed E-state index contributed by atoms with van der Waals surface area (Å²) in [5, 5.41) is 4.16. The molecule has 4 aliphatic rings. The van der Waals surface area contributed by atoms with Crippen molar-refractivity contribution in [2.45, 2.75) is 49.6 Å². The number of rotatable bonds is 3. The van der Waals surface area contributed by atoms with Crippen LogP contribution in [0.25, 0.3) is 23.1 Å². The molecule has 2 nitrogen and oxygen atoms in total. The molecule has 2 heteroatoms. The molecule has 8 rings (SSSR count). The number of allylic oxidation sites excluding steroid dienone is 6. The highest BCUT2D eigenvalue weighted by Crippen LogP contribution is 2.48. The van der Waals surface area contributed by atoms with Crippen LogP contribution < -0.4 is 15.5 Å². The van der Waals surface area contributed by atoms with Gasteiger partial charge in [-0.1, -0.05) is 103 Å². The van der Waals surface area contributed by atoms with E-state index < -0.39 is 0 Å². The van der Waals surface area contributed by atoms with Crippen molar-refractivity contribution in [3.8, 4) is 0 Å². The minimum absolute atomic E-state index is 0.298. The van der Waals surface area contributed by atoms with Crippen LogP contribution in [0.15, 0.2) is 115 Å². The Bertz CT molecular complexity index is 1750. The van der Waals surface area contributed by atoms with Gasteiger partial charge >= 0.3 is 0 Å². The maximum absolute atomic E-state index is 2.69. The third-order valence-corrected chi connectivity index (χ3v) is 9.11. The monoisotopic (exact) mass is 492 g/mol. The van der Waals surface area contributed by atoms with Gasteiger partial charge in [-0.15, -0.1) is 0 Å². The molecule has 1 aromatic heterocycles. The van der Waals surface area contributed by atoms with Crippen molar-refractivity contribution in [3.05, 3.63) is 137 Å². The summed E-state index contributed by atoms with van der Waals surface area (Å²) in [7, 11) is 0. The Morgan fingerprint density at radius 1 is 0.789 bits per heavy atom. The van der Waals surface area contributed by atoms with Gasteiger partial charge in [0.25, 0.3) is 0 Å². The fourth-order valence-corrected chi connectivity index (χ4v) is 7.41. The second kappa shape index (κ2) is 8.77. The van der Waals surface area contributed by atoms with Crippen LogP contribution in [0.3, 0.4) is 0 Å². The second-order valence-electron chi connectivity index (χ2n) is 11.2. The summed E-state index contributed by atoms with van der Waals surface area (Å²) in [5.74, 6) is 0.939. The average molecular weight is 493 g/mol. The van der Waals surface area contributed by atoms with Crippen molar-refractivity contribution in [2.75, 3.05) is 4.90 Å². The van der Waals surface area contributed by atoms with Crippen molar-refractivity contribution in [3.63, 3.8) is 0 Å². The number of hydrogen-bond acceptors (Lipinski definition) is 1. The van der Waals surface area contributed by atoms with Crippen LogP contribution in [0.2, 0.25) is 0 Å². The lowest BCUT2D eigenvalue weighted by atomic mass is 9.85. The normalized spacial score (nSPS) is 25.3. The first-order chi connectivity index (χ1) is 18.9. The lowest BCUT2D eigenvalue weighted by molar-refractivity contribution is 0.572. The van der Waals surface area contributed by atoms with Gasteiger partial charge in [0, 0.05) is 38.8 Å². The molecule has 4 atom stereocenters. The zero-order chi connectivity index (χ0) is 25.1. The van der Waals surface area contributed by atoms with Crippen LogP contribution in [-0.4, -0.2) is 10.6 Å². The summed E-state index contributed by atoms with van der Waals surface area (Å²) >= 11 is 0. The van der Waals surface area contributed by atoms with E-state index in [0.717, 1.165) is 19.3 Å². The van der Waals surface area contributed by atoms with Crippen LogP contribution in [0, 0.1) is 0 Å². The minimum atomic E-state index is 0.298. The highest BCUT2D eigenvalue weighted by Gasteiger charge is 2.40. The molecule has 0 amide bonds. The molecule has 186 valence electrons. The number of anilines is 1. The number of hydrogen-bond donors (Lipinski definition) is 0. The van der Waals surface area contributed by atoms with Gasteiger partial charge < -0.3 is 9.47 Å². The molecule has 0 fully saturated rings. The van der Waals surface area contributed by atoms with Crippen molar-refractivity contribution >= 4 is 28.7 Å². The number of nitrogens with zero attached hydrogens (tertiary/aromatic N) is 2. The molecule has 3 aliphatic carbocycles. The van der Waals surface area contributed by atoms with Crippen molar-refractivity contribution in [2.24, 2.45) is 0 Å². The number of fused-ring (bicyclic) bond motifs is 6. The van der Waals surface area contributed by atoms with Gasteiger partial charge in [-0.25, -0.2) is 0 Å². The molecule has 0 saturated heterocycles. The summed E-state index contributed by atoms with van der Waals surface area (Å²) in [6.45, 7) is 0. The SMILES string of the molecule is C1=CCC(n2c3c(c4ccccc42)=CC2c4ccccc4N(C4=CCCC(c5ccccc5)C4)C2C=3)C=C1. The van der Waals surface area contributed by atoms with Gasteiger partial charge in [0.1, 0.15) is 0 Å². The fraction of sp³-hybridized carbons (Fsp3) is 0.222. The van der Waals surface area contributed by atoms with E-state index in [1.165, 1.54) is 50.4 Å². The van der Waals surface area contributed by atoms with Crippen molar-refractivity contribution in [1.29, 1.82) is 0 Å². The fourth-order valence-electron chi connectivity index (χ4n) is 7.41. The molecule has 1 aliphatic heterocycles. The van der Waals surface area contributed by atoms with E-state index in [1.807, 2.05) is 0 Å². The molecule has 4 aromatic rings.